The van der Waals surface area contributed by atoms with Crippen molar-refractivity contribution in [2.75, 3.05) is 13.7 Å². The molecule has 0 bridgehead atoms. The van der Waals surface area contributed by atoms with E-state index in [1.807, 2.05) is 0 Å². The fourth-order valence-corrected chi connectivity index (χ4v) is 3.55. The Balaban J connectivity index is 1.63. The molecule has 0 spiro atoms. The third-order valence-electron chi connectivity index (χ3n) is 5.04. The molecular formula is C22H30N2O6. The third kappa shape index (κ3) is 5.38. The summed E-state index contributed by atoms with van der Waals surface area (Å²) in [6, 6.07) is 6.87. The number of carbonyl (C=O) groups is 1. The molecule has 0 saturated carbocycles. The molecule has 164 valence electrons. The zero-order valence-corrected chi connectivity index (χ0v) is 17.8. The number of fused-ring (bicyclic) bond motifs is 1. The van der Waals surface area contributed by atoms with E-state index in [4.69, 9.17) is 14.2 Å². The average molecular weight is 418 g/mol. The second kappa shape index (κ2) is 9.16. The van der Waals surface area contributed by atoms with E-state index in [0.29, 0.717) is 35.1 Å². The normalized spacial score (nSPS) is 21.7. The van der Waals surface area contributed by atoms with Gasteiger partial charge in [0.15, 0.2) is 0 Å². The predicted octanol–water partition coefficient (Wildman–Crippen LogP) is 2.71. The Kier molecular flexibility index (Phi) is 6.80. The maximum Gasteiger partial charge on any atom is 0.407 e. The molecule has 0 unspecified atom stereocenters. The molecule has 1 aliphatic heterocycles. The van der Waals surface area contributed by atoms with Crippen LogP contribution in [0.25, 0.3) is 10.9 Å². The van der Waals surface area contributed by atoms with Crippen molar-refractivity contribution in [3.63, 3.8) is 0 Å². The highest BCUT2D eigenvalue weighted by atomic mass is 16.6. The molecule has 1 aromatic heterocycles. The van der Waals surface area contributed by atoms with Gasteiger partial charge in [-0.05, 0) is 63.4 Å². The van der Waals surface area contributed by atoms with Gasteiger partial charge in [0.1, 0.15) is 23.6 Å². The van der Waals surface area contributed by atoms with Crippen LogP contribution < -0.4 is 10.1 Å². The van der Waals surface area contributed by atoms with E-state index in [2.05, 4.69) is 10.3 Å². The molecule has 1 aromatic carbocycles. The summed E-state index contributed by atoms with van der Waals surface area (Å²) in [5, 5.41) is 25.1. The molecule has 2 aromatic rings. The standard InChI is InChI=1S/C22H30N2O6/c1-22(2,3)30-21(27)24-13-5-8-18(29-12-13)20(26)19(25)15-9-10-23-17-7-6-14(28-4)11-16(15)17/h6-7,9-11,13,18-20,25-26H,5,8,12H2,1-4H3,(H,24,27)/t13-,18+,19+,20-/m1/s1. The lowest BCUT2D eigenvalue weighted by Crippen LogP contribution is -2.47. The van der Waals surface area contributed by atoms with Crippen molar-refractivity contribution in [3.8, 4) is 5.75 Å². The molecule has 0 aliphatic carbocycles. The maximum atomic E-state index is 11.9. The Bertz CT molecular complexity index is 874. The number of aliphatic hydroxyl groups excluding tert-OH is 2. The number of methoxy groups -OCH3 is 1. The molecule has 8 nitrogen and oxygen atoms in total. The molecule has 1 fully saturated rings. The minimum absolute atomic E-state index is 0.202. The predicted molar refractivity (Wildman–Crippen MR) is 111 cm³/mol. The zero-order valence-electron chi connectivity index (χ0n) is 17.8. The second-order valence-corrected chi connectivity index (χ2v) is 8.51. The maximum absolute atomic E-state index is 11.9. The monoisotopic (exact) mass is 418 g/mol. The van der Waals surface area contributed by atoms with Crippen molar-refractivity contribution < 1.29 is 29.2 Å². The van der Waals surface area contributed by atoms with Gasteiger partial charge in [0.2, 0.25) is 0 Å². The summed E-state index contributed by atoms with van der Waals surface area (Å²) in [6.07, 6.45) is -0.614. The van der Waals surface area contributed by atoms with E-state index in [1.165, 1.54) is 0 Å². The highest BCUT2D eigenvalue weighted by Gasteiger charge is 2.34. The second-order valence-electron chi connectivity index (χ2n) is 8.51. The summed E-state index contributed by atoms with van der Waals surface area (Å²) in [4.78, 5) is 16.2. The number of amides is 1. The van der Waals surface area contributed by atoms with Crippen LogP contribution in [0.4, 0.5) is 4.79 Å². The molecule has 30 heavy (non-hydrogen) atoms. The molecule has 2 heterocycles. The van der Waals surface area contributed by atoms with E-state index < -0.39 is 30.0 Å². The van der Waals surface area contributed by atoms with Crippen LogP contribution in [0, 0.1) is 0 Å². The first-order valence-electron chi connectivity index (χ1n) is 10.1. The minimum Gasteiger partial charge on any atom is -0.497 e. The van der Waals surface area contributed by atoms with Crippen LogP contribution >= 0.6 is 0 Å². The number of aliphatic hydroxyl groups is 2. The van der Waals surface area contributed by atoms with Gasteiger partial charge in [0.05, 0.1) is 31.4 Å². The fraction of sp³-hybridized carbons (Fsp3) is 0.545. The highest BCUT2D eigenvalue weighted by molar-refractivity contribution is 5.83. The summed E-state index contributed by atoms with van der Waals surface area (Å²) in [6.45, 7) is 5.64. The SMILES string of the molecule is COc1ccc2nccc([C@H](O)[C@H](O)[C@@H]3CC[C@@H](NC(=O)OC(C)(C)C)CO3)c2c1. The molecule has 1 amide bonds. The first kappa shape index (κ1) is 22.3. The van der Waals surface area contributed by atoms with Crippen LogP contribution in [0.15, 0.2) is 30.5 Å². The van der Waals surface area contributed by atoms with Gasteiger partial charge in [-0.15, -0.1) is 0 Å². The van der Waals surface area contributed by atoms with Gasteiger partial charge in [-0.2, -0.15) is 0 Å². The quantitative estimate of drug-likeness (QED) is 0.685. The molecule has 1 saturated heterocycles. The highest BCUT2D eigenvalue weighted by Crippen LogP contribution is 2.31. The fourth-order valence-electron chi connectivity index (χ4n) is 3.55. The largest absolute Gasteiger partial charge is 0.497 e. The van der Waals surface area contributed by atoms with Crippen LogP contribution in [-0.2, 0) is 9.47 Å². The molecule has 3 rings (SSSR count). The number of nitrogens with zero attached hydrogens (tertiary/aromatic N) is 1. The number of benzene rings is 1. The lowest BCUT2D eigenvalue weighted by atomic mass is 9.93. The van der Waals surface area contributed by atoms with Crippen LogP contribution in [-0.4, -0.2) is 58.9 Å². The third-order valence-corrected chi connectivity index (χ3v) is 5.04. The smallest absolute Gasteiger partial charge is 0.407 e. The topological polar surface area (TPSA) is 110 Å². The number of aromatic nitrogens is 1. The first-order chi connectivity index (χ1) is 14.2. The Morgan fingerprint density at radius 2 is 2.03 bits per heavy atom. The summed E-state index contributed by atoms with van der Waals surface area (Å²) in [5.41, 5.74) is 0.688. The van der Waals surface area contributed by atoms with Gasteiger partial charge in [-0.25, -0.2) is 4.79 Å². The Morgan fingerprint density at radius 3 is 2.67 bits per heavy atom. The van der Waals surface area contributed by atoms with Crippen molar-refractivity contribution in [1.29, 1.82) is 0 Å². The molecular weight excluding hydrogens is 388 g/mol. The number of rotatable bonds is 5. The van der Waals surface area contributed by atoms with E-state index in [1.54, 1.807) is 58.3 Å². The van der Waals surface area contributed by atoms with Gasteiger partial charge >= 0.3 is 6.09 Å². The van der Waals surface area contributed by atoms with Gasteiger partial charge < -0.3 is 29.7 Å². The van der Waals surface area contributed by atoms with Crippen molar-refractivity contribution in [1.82, 2.24) is 10.3 Å². The number of nitrogens with one attached hydrogen (secondary N) is 1. The number of ether oxygens (including phenoxy) is 3. The number of pyridine rings is 1. The molecule has 1 aliphatic rings. The summed E-state index contributed by atoms with van der Waals surface area (Å²) in [5.74, 6) is 0.642. The van der Waals surface area contributed by atoms with E-state index in [9.17, 15) is 15.0 Å². The van der Waals surface area contributed by atoms with Gasteiger partial charge in [0.25, 0.3) is 0 Å². The molecule has 0 radical (unpaired) electrons. The Morgan fingerprint density at radius 1 is 1.27 bits per heavy atom. The Hall–Kier alpha value is -2.42. The van der Waals surface area contributed by atoms with E-state index in [0.717, 1.165) is 0 Å². The number of hydrogen-bond acceptors (Lipinski definition) is 7. The van der Waals surface area contributed by atoms with E-state index in [-0.39, 0.29) is 12.6 Å². The van der Waals surface area contributed by atoms with Crippen molar-refractivity contribution in [2.45, 2.75) is 63.6 Å². The summed E-state index contributed by atoms with van der Waals surface area (Å²) >= 11 is 0. The minimum atomic E-state index is -1.15. The molecule has 8 heteroatoms. The van der Waals surface area contributed by atoms with Crippen LogP contribution in [0.3, 0.4) is 0 Å². The molecule has 4 atom stereocenters. The lowest BCUT2D eigenvalue weighted by Gasteiger charge is -2.34. The lowest BCUT2D eigenvalue weighted by molar-refractivity contribution is -0.113. The van der Waals surface area contributed by atoms with Crippen molar-refractivity contribution in [2.24, 2.45) is 0 Å². The zero-order chi connectivity index (χ0) is 21.9. The Labute approximate surface area is 176 Å². The number of alkyl carbamates (subject to hydrolysis) is 1. The van der Waals surface area contributed by atoms with Crippen LogP contribution in [0.2, 0.25) is 0 Å². The molecule has 3 N–H and O–H groups in total. The van der Waals surface area contributed by atoms with Gasteiger partial charge in [-0.1, -0.05) is 0 Å². The van der Waals surface area contributed by atoms with Crippen LogP contribution in [0.5, 0.6) is 5.75 Å². The van der Waals surface area contributed by atoms with Crippen molar-refractivity contribution >= 4 is 17.0 Å². The average Bonchev–Trinajstić information content (AvgIpc) is 2.71. The van der Waals surface area contributed by atoms with Crippen molar-refractivity contribution in [3.05, 3.63) is 36.0 Å². The van der Waals surface area contributed by atoms with Gasteiger partial charge in [-0.3, -0.25) is 4.98 Å². The number of carbonyl (C=O) groups excluding carboxylic acids is 1. The van der Waals surface area contributed by atoms with E-state index >= 15 is 0 Å². The van der Waals surface area contributed by atoms with Crippen LogP contribution in [0.1, 0.15) is 45.3 Å². The first-order valence-corrected chi connectivity index (χ1v) is 10.1. The summed E-state index contributed by atoms with van der Waals surface area (Å²) < 4.78 is 16.3. The number of hydrogen-bond donors (Lipinski definition) is 3. The summed E-state index contributed by atoms with van der Waals surface area (Å²) in [7, 11) is 1.57. The van der Waals surface area contributed by atoms with Gasteiger partial charge in [0, 0.05) is 11.6 Å².